The molecule has 2 atom stereocenters. The molecule has 2 saturated heterocycles. The van der Waals surface area contributed by atoms with Crippen LogP contribution in [0.1, 0.15) is 29.7 Å². The Kier molecular flexibility index (Phi) is 35.2. The molecule has 2 rings (SSSR count). The first-order valence-corrected chi connectivity index (χ1v) is 4.17. The van der Waals surface area contributed by atoms with Crippen molar-refractivity contribution in [2.45, 2.75) is 41.9 Å². The van der Waals surface area contributed by atoms with Crippen LogP contribution in [0.5, 0.6) is 0 Å². The van der Waals surface area contributed by atoms with Gasteiger partial charge in [0, 0.05) is 0 Å². The van der Waals surface area contributed by atoms with E-state index in [1.54, 1.807) is 0 Å². The van der Waals surface area contributed by atoms with Gasteiger partial charge >= 0.3 is 0 Å². The van der Waals surface area contributed by atoms with Gasteiger partial charge in [-0.25, -0.2) is 20.4 Å². The van der Waals surface area contributed by atoms with E-state index in [0.29, 0.717) is 12.2 Å². The molecule has 0 aromatic rings. The summed E-state index contributed by atoms with van der Waals surface area (Å²) in [5, 5.41) is 10.8. The summed E-state index contributed by atoms with van der Waals surface area (Å²) in [4.78, 5) is 16.7. The third kappa shape index (κ3) is 31.5. The first-order valence-electron chi connectivity index (χ1n) is 4.17. The maximum absolute atomic E-state index is 8.35. The number of carbonyl (C=O) groups excluding carboxylic acids is 2. The highest BCUT2D eigenvalue weighted by molar-refractivity contribution is 5.26. The second-order valence-corrected chi connectivity index (χ2v) is 2.65. The average Bonchev–Trinajstić information content (AvgIpc) is 3.01. The number of nitrogens with one attached hydrogen (secondary N) is 2. The summed E-state index contributed by atoms with van der Waals surface area (Å²) in [6, 6.07) is 0. The highest BCUT2D eigenvalue weighted by Crippen LogP contribution is 2.12. The summed E-state index contributed by atoms with van der Waals surface area (Å²) < 4.78 is 15.1. The van der Waals surface area contributed by atoms with Crippen molar-refractivity contribution in [3.8, 4) is 0 Å². The molecule has 0 bridgehead atoms. The van der Waals surface area contributed by atoms with Crippen LogP contribution in [0.4, 0.5) is 0 Å². The number of hydrogen-bond donors (Lipinski definition) is 2. The van der Waals surface area contributed by atoms with Gasteiger partial charge in [-0.15, -0.1) is 0 Å². The maximum atomic E-state index is 8.35. The van der Waals surface area contributed by atoms with E-state index in [1.807, 2.05) is 0 Å². The van der Waals surface area contributed by atoms with E-state index >= 15 is 0 Å². The Morgan fingerprint density at radius 3 is 1.26 bits per heavy atom. The van der Waals surface area contributed by atoms with E-state index in [4.69, 9.17) is 34.6 Å². The predicted octanol–water partition coefficient (Wildman–Crippen LogP) is 2.15. The van der Waals surface area contributed by atoms with Crippen LogP contribution in [0.2, 0.25) is 0 Å². The van der Waals surface area contributed by atoms with Gasteiger partial charge in [0.1, 0.15) is 12.2 Å². The Bertz CT molecular complexity index is 204. The van der Waals surface area contributed by atoms with Crippen LogP contribution in [0.15, 0.2) is 0 Å². The van der Waals surface area contributed by atoms with Crippen molar-refractivity contribution >= 4 is 12.2 Å². The van der Waals surface area contributed by atoms with Crippen LogP contribution in [0, 0.1) is 10.8 Å². The molecule has 0 aromatic carbocycles. The molecule has 2 aliphatic heterocycles. The molecule has 0 radical (unpaired) electrons. The molecule has 2 unspecified atom stereocenters. The predicted molar refractivity (Wildman–Crippen MR) is 74.0 cm³/mol. The quantitative estimate of drug-likeness (QED) is 0.465. The molecular weight excluding hydrogens is 252 g/mol. The van der Waals surface area contributed by atoms with E-state index in [2.05, 4.69) is 0 Å². The van der Waals surface area contributed by atoms with Crippen LogP contribution >= 0.6 is 0 Å². The fraction of sp³-hybridized carbons (Fsp3) is 0.833. The number of isocyanates is 2. The first-order chi connectivity index (χ1) is 7.28. The molecule has 7 nitrogen and oxygen atoms in total. The second kappa shape index (κ2) is 21.9. The summed E-state index contributed by atoms with van der Waals surface area (Å²) in [5.41, 5.74) is 0. The van der Waals surface area contributed by atoms with Gasteiger partial charge < -0.3 is 14.2 Å². The van der Waals surface area contributed by atoms with E-state index in [0.717, 1.165) is 38.6 Å². The van der Waals surface area contributed by atoms with Crippen molar-refractivity contribution < 1.29 is 23.8 Å². The minimum Gasteiger partial charge on any atom is -0.376 e. The Labute approximate surface area is 116 Å². The van der Waals surface area contributed by atoms with Gasteiger partial charge in [-0.1, -0.05) is 29.7 Å². The van der Waals surface area contributed by atoms with Gasteiger partial charge in [-0.2, -0.15) is 0 Å². The van der Waals surface area contributed by atoms with Crippen molar-refractivity contribution in [3.05, 3.63) is 0 Å². The zero-order valence-corrected chi connectivity index (χ0v) is 8.02. The molecule has 2 heterocycles. The highest BCUT2D eigenvalue weighted by atomic mass is 16.6. The Hall–Kier alpha value is -1.36. The number of hydrogen-bond acceptors (Lipinski definition) is 7. The molecule has 0 spiro atoms. The number of ether oxygens (including phenoxy) is 3. The minimum absolute atomic E-state index is 0. The number of rotatable bonds is 4. The minimum atomic E-state index is 0. The Morgan fingerprint density at radius 1 is 0.895 bits per heavy atom. The van der Waals surface area contributed by atoms with E-state index in [9.17, 15) is 0 Å². The van der Waals surface area contributed by atoms with Crippen molar-refractivity contribution in [2.24, 2.45) is 0 Å². The zero-order chi connectivity index (χ0) is 11.5. The summed E-state index contributed by atoms with van der Waals surface area (Å²) >= 11 is 0. The molecule has 7 heteroatoms. The van der Waals surface area contributed by atoms with Gasteiger partial charge in [-0.05, 0) is 0 Å². The van der Waals surface area contributed by atoms with Gasteiger partial charge in [0.15, 0.2) is 0 Å². The fourth-order valence-electron chi connectivity index (χ4n) is 0.659. The Balaban J connectivity index is -0.0000000583. The van der Waals surface area contributed by atoms with Gasteiger partial charge in [-0.3, -0.25) is 0 Å². The van der Waals surface area contributed by atoms with Crippen molar-refractivity contribution in [1.82, 2.24) is 0 Å². The SMILES string of the molecule is C.C.C.C.C(OCC1CO1)C1CO1.N=C=O.N=C=O. The van der Waals surface area contributed by atoms with Crippen molar-refractivity contribution in [1.29, 1.82) is 10.8 Å². The van der Waals surface area contributed by atoms with Crippen molar-refractivity contribution in [2.75, 3.05) is 26.4 Å². The molecule has 0 aliphatic carbocycles. The third-order valence-corrected chi connectivity index (χ3v) is 1.41. The molecule has 2 N–H and O–H groups in total. The average molecular weight is 280 g/mol. The lowest BCUT2D eigenvalue weighted by Gasteiger charge is -1.95. The zero-order valence-electron chi connectivity index (χ0n) is 8.02. The van der Waals surface area contributed by atoms with Crippen LogP contribution in [-0.4, -0.2) is 50.8 Å². The van der Waals surface area contributed by atoms with E-state index in [-0.39, 0.29) is 29.7 Å². The molecule has 0 saturated carbocycles. The van der Waals surface area contributed by atoms with Gasteiger partial charge in [0.05, 0.1) is 26.4 Å². The smallest absolute Gasteiger partial charge is 0.231 e. The molecule has 0 amide bonds. The van der Waals surface area contributed by atoms with Crippen LogP contribution in [-0.2, 0) is 23.8 Å². The standard InChI is InChI=1S/C6H10O3.2CHNO.4CH4/c1(5-3-8-5)7-2-6-4-9-6;2*2-1-3;;;;/h5-6H,1-4H2;2*2H;4*1H4. The van der Waals surface area contributed by atoms with Gasteiger partial charge in [0.2, 0.25) is 12.2 Å². The molecule has 19 heavy (non-hydrogen) atoms. The lowest BCUT2D eigenvalue weighted by molar-refractivity contribution is 0.102. The molecule has 0 aromatic heterocycles. The molecular formula is C12H28N2O5. The lowest BCUT2D eigenvalue weighted by atomic mass is 10.5. The molecule has 116 valence electrons. The third-order valence-electron chi connectivity index (χ3n) is 1.41. The monoisotopic (exact) mass is 280 g/mol. The molecule has 2 aliphatic rings. The van der Waals surface area contributed by atoms with Crippen LogP contribution < -0.4 is 0 Å². The summed E-state index contributed by atoms with van der Waals surface area (Å²) in [7, 11) is 0. The van der Waals surface area contributed by atoms with E-state index in [1.165, 1.54) is 0 Å². The van der Waals surface area contributed by atoms with Gasteiger partial charge in [0.25, 0.3) is 0 Å². The highest BCUT2D eigenvalue weighted by Gasteiger charge is 2.26. The van der Waals surface area contributed by atoms with E-state index < -0.39 is 0 Å². The normalized spacial score (nSPS) is 19.2. The summed E-state index contributed by atoms with van der Waals surface area (Å²) in [6.07, 6.45) is 2.28. The maximum Gasteiger partial charge on any atom is 0.231 e. The summed E-state index contributed by atoms with van der Waals surface area (Å²) in [5.74, 6) is 0. The number of epoxide rings is 2. The van der Waals surface area contributed by atoms with Crippen molar-refractivity contribution in [3.63, 3.8) is 0 Å². The lowest BCUT2D eigenvalue weighted by Crippen LogP contribution is -2.06. The van der Waals surface area contributed by atoms with Crippen LogP contribution in [0.25, 0.3) is 0 Å². The largest absolute Gasteiger partial charge is 0.376 e. The fourth-order valence-corrected chi connectivity index (χ4v) is 0.659. The first kappa shape index (κ1) is 30.6. The topological polar surface area (TPSA) is 116 Å². The van der Waals surface area contributed by atoms with Crippen LogP contribution in [0.3, 0.4) is 0 Å². The summed E-state index contributed by atoms with van der Waals surface area (Å²) in [6.45, 7) is 3.26. The Morgan fingerprint density at radius 2 is 1.11 bits per heavy atom. The molecule has 2 fully saturated rings. The second-order valence-electron chi connectivity index (χ2n) is 2.65.